The maximum atomic E-state index is 10.1. The molecule has 2 aromatic carbocycles. The van der Waals surface area contributed by atoms with E-state index in [2.05, 4.69) is 51.4 Å². The first-order chi connectivity index (χ1) is 23.5. The average Bonchev–Trinajstić information content (AvgIpc) is 3.10. The van der Waals surface area contributed by atoms with Crippen molar-refractivity contribution in [2.75, 3.05) is 26.4 Å². The number of ether oxygens (including phenoxy) is 3. The summed E-state index contributed by atoms with van der Waals surface area (Å²) >= 11 is 7.25. The Bertz CT molecular complexity index is 1810. The van der Waals surface area contributed by atoms with Crippen molar-refractivity contribution in [3.8, 4) is 23.2 Å². The Morgan fingerprint density at radius 1 is 1.06 bits per heavy atom. The van der Waals surface area contributed by atoms with E-state index in [1.807, 2.05) is 26.8 Å². The summed E-state index contributed by atoms with van der Waals surface area (Å²) in [5, 5.41) is 11.5. The SMILES string of the molecule is C=C(CC)C1=C(C)CCCC1.CCc1c(-c2ccc(C)c(C)c2/C(C#N)=C(\C)N)c(Cl)c2nc(OCC3COCCO3)nc(C)c2c1CC. The maximum Gasteiger partial charge on any atom is 0.317 e. The number of nitriles is 1. The first-order valence-electron chi connectivity index (χ1n) is 17.7. The minimum absolute atomic E-state index is 0.170. The topological polar surface area (TPSA) is 103 Å². The molecule has 0 amide bonds. The molecule has 2 aliphatic rings. The summed E-state index contributed by atoms with van der Waals surface area (Å²) in [5.74, 6) is 0. The molecule has 1 aliphatic heterocycles. The van der Waals surface area contributed by atoms with Crippen LogP contribution in [0.15, 0.2) is 41.1 Å². The van der Waals surface area contributed by atoms with Gasteiger partial charge in [0, 0.05) is 22.2 Å². The number of nitrogens with zero attached hydrogens (tertiary/aromatic N) is 3. The zero-order chi connectivity index (χ0) is 35.8. The van der Waals surface area contributed by atoms with Gasteiger partial charge in [-0.1, -0.05) is 62.2 Å². The maximum absolute atomic E-state index is 10.1. The van der Waals surface area contributed by atoms with Crippen LogP contribution in [0, 0.1) is 32.1 Å². The number of halogens is 1. The molecule has 1 atom stereocenters. The van der Waals surface area contributed by atoms with Gasteiger partial charge < -0.3 is 19.9 Å². The quantitative estimate of drug-likeness (QED) is 0.224. The van der Waals surface area contributed by atoms with E-state index in [1.165, 1.54) is 31.3 Å². The minimum Gasteiger partial charge on any atom is -0.461 e. The van der Waals surface area contributed by atoms with Crippen molar-refractivity contribution in [2.24, 2.45) is 5.73 Å². The normalized spacial score (nSPS) is 16.9. The molecular weight excluding hydrogens is 632 g/mol. The van der Waals surface area contributed by atoms with Gasteiger partial charge in [-0.3, -0.25) is 0 Å². The molecule has 7 nitrogen and oxygen atoms in total. The van der Waals surface area contributed by atoms with E-state index in [4.69, 9.17) is 36.5 Å². The molecule has 1 aliphatic carbocycles. The van der Waals surface area contributed by atoms with Crippen molar-refractivity contribution in [1.82, 2.24) is 9.97 Å². The molecular formula is C41H53ClN4O3. The summed E-state index contributed by atoms with van der Waals surface area (Å²) in [5.41, 5.74) is 20.0. The summed E-state index contributed by atoms with van der Waals surface area (Å²) in [7, 11) is 0. The second kappa shape index (κ2) is 17.3. The number of rotatable bonds is 9. The minimum atomic E-state index is -0.170. The monoisotopic (exact) mass is 684 g/mol. The van der Waals surface area contributed by atoms with Crippen molar-refractivity contribution < 1.29 is 14.2 Å². The average molecular weight is 685 g/mol. The van der Waals surface area contributed by atoms with Gasteiger partial charge >= 0.3 is 6.01 Å². The Morgan fingerprint density at radius 2 is 1.78 bits per heavy atom. The molecule has 0 spiro atoms. The van der Waals surface area contributed by atoms with Crippen LogP contribution in [-0.4, -0.2) is 42.5 Å². The number of allylic oxidation sites excluding steroid dienone is 5. The summed E-state index contributed by atoms with van der Waals surface area (Å²) in [6.07, 6.45) is 7.80. The first kappa shape index (κ1) is 38.1. The summed E-state index contributed by atoms with van der Waals surface area (Å²) in [6, 6.07) is 6.68. The third-order valence-corrected chi connectivity index (χ3v) is 10.2. The summed E-state index contributed by atoms with van der Waals surface area (Å²) < 4.78 is 17.1. The van der Waals surface area contributed by atoms with Crippen LogP contribution in [0.4, 0.5) is 0 Å². The van der Waals surface area contributed by atoms with Gasteiger partial charge in [-0.15, -0.1) is 0 Å². The van der Waals surface area contributed by atoms with E-state index in [9.17, 15) is 5.26 Å². The molecule has 262 valence electrons. The van der Waals surface area contributed by atoms with Crippen molar-refractivity contribution in [3.05, 3.63) is 79.7 Å². The highest BCUT2D eigenvalue weighted by Crippen LogP contribution is 2.45. The van der Waals surface area contributed by atoms with E-state index in [0.29, 0.717) is 41.6 Å². The zero-order valence-corrected chi connectivity index (χ0v) is 31.5. The molecule has 1 fully saturated rings. The van der Waals surface area contributed by atoms with Gasteiger partial charge in [-0.2, -0.15) is 15.2 Å². The fraction of sp³-hybridized carbons (Fsp3) is 0.488. The Morgan fingerprint density at radius 3 is 2.37 bits per heavy atom. The highest BCUT2D eigenvalue weighted by atomic mass is 35.5. The standard InChI is InChI=1S/C30H35ClN4O3.C11H18/c1-7-21-22(8-2)27(23-10-9-16(3)17(4)25(23)24(13-32)18(5)33)28(31)29-26(21)19(6)34-30(35-29)38-15-20-14-36-11-12-37-20;1-4-9(2)11-8-6-5-7-10(11)3/h9-10,20H,7-8,11-12,14-15,33H2,1-6H3;2,4-8H2,1,3H3/b24-18+;. The van der Waals surface area contributed by atoms with E-state index >= 15 is 0 Å². The van der Waals surface area contributed by atoms with Crippen molar-refractivity contribution in [2.45, 2.75) is 106 Å². The van der Waals surface area contributed by atoms with Gasteiger partial charge in [0.15, 0.2) is 0 Å². The van der Waals surface area contributed by atoms with Crippen LogP contribution in [0.2, 0.25) is 5.02 Å². The van der Waals surface area contributed by atoms with E-state index in [1.54, 1.807) is 18.1 Å². The van der Waals surface area contributed by atoms with Gasteiger partial charge in [0.2, 0.25) is 0 Å². The van der Waals surface area contributed by atoms with Crippen molar-refractivity contribution >= 4 is 28.1 Å². The number of hydrogen-bond donors (Lipinski definition) is 1. The molecule has 1 aromatic heterocycles. The lowest BCUT2D eigenvalue weighted by Crippen LogP contribution is -2.33. The van der Waals surface area contributed by atoms with Gasteiger partial charge in [-0.05, 0) is 113 Å². The second-order valence-electron chi connectivity index (χ2n) is 13.1. The molecule has 49 heavy (non-hydrogen) atoms. The molecule has 3 aromatic rings. The van der Waals surface area contributed by atoms with E-state index < -0.39 is 0 Å². The Kier molecular flexibility index (Phi) is 13.5. The zero-order valence-electron chi connectivity index (χ0n) is 30.7. The van der Waals surface area contributed by atoms with Gasteiger partial charge in [0.05, 0.1) is 41.6 Å². The number of fused-ring (bicyclic) bond motifs is 1. The third-order valence-electron chi connectivity index (χ3n) is 9.81. The number of nitrogens with two attached hydrogens (primary N) is 1. The van der Waals surface area contributed by atoms with Crippen LogP contribution in [0.25, 0.3) is 27.6 Å². The smallest absolute Gasteiger partial charge is 0.317 e. The van der Waals surface area contributed by atoms with E-state index in [-0.39, 0.29) is 18.7 Å². The first-order valence-corrected chi connectivity index (χ1v) is 18.0. The molecule has 2 heterocycles. The largest absolute Gasteiger partial charge is 0.461 e. The molecule has 0 saturated carbocycles. The highest BCUT2D eigenvalue weighted by Gasteiger charge is 2.26. The summed E-state index contributed by atoms with van der Waals surface area (Å²) in [6.45, 7) is 22.4. The summed E-state index contributed by atoms with van der Waals surface area (Å²) in [4.78, 5) is 9.46. The fourth-order valence-electron chi connectivity index (χ4n) is 6.98. The molecule has 2 N–H and O–H groups in total. The predicted molar refractivity (Wildman–Crippen MR) is 202 cm³/mol. The Hall–Kier alpha value is -3.70. The molecule has 8 heteroatoms. The van der Waals surface area contributed by atoms with Crippen LogP contribution < -0.4 is 10.5 Å². The van der Waals surface area contributed by atoms with Gasteiger partial charge in [0.25, 0.3) is 0 Å². The van der Waals surface area contributed by atoms with Gasteiger partial charge in [-0.25, -0.2) is 0 Å². The number of hydrogen-bond acceptors (Lipinski definition) is 7. The molecule has 1 unspecified atom stereocenters. The lowest BCUT2D eigenvalue weighted by Gasteiger charge is -2.24. The lowest BCUT2D eigenvalue weighted by atomic mass is 9.83. The van der Waals surface area contributed by atoms with Crippen LogP contribution in [0.3, 0.4) is 0 Å². The van der Waals surface area contributed by atoms with Crippen LogP contribution in [0.1, 0.15) is 100 Å². The number of aryl methyl sites for hydroxylation is 3. The third kappa shape index (κ3) is 8.37. The van der Waals surface area contributed by atoms with Crippen molar-refractivity contribution in [3.63, 3.8) is 0 Å². The van der Waals surface area contributed by atoms with E-state index in [0.717, 1.165) is 69.3 Å². The van der Waals surface area contributed by atoms with Gasteiger partial charge in [0.1, 0.15) is 18.8 Å². The van der Waals surface area contributed by atoms with Crippen molar-refractivity contribution in [1.29, 1.82) is 5.26 Å². The fourth-order valence-corrected chi connectivity index (χ4v) is 7.33. The predicted octanol–water partition coefficient (Wildman–Crippen LogP) is 9.85. The Balaban J connectivity index is 0.000000418. The highest BCUT2D eigenvalue weighted by molar-refractivity contribution is 6.38. The van der Waals surface area contributed by atoms with Crippen LogP contribution in [-0.2, 0) is 22.3 Å². The molecule has 1 saturated heterocycles. The van der Waals surface area contributed by atoms with Crippen LogP contribution >= 0.6 is 11.6 Å². The number of benzene rings is 2. The molecule has 0 bridgehead atoms. The molecule has 5 rings (SSSR count). The molecule has 0 radical (unpaired) electrons. The second-order valence-corrected chi connectivity index (χ2v) is 13.4. The number of aromatic nitrogens is 2. The Labute approximate surface area is 298 Å². The van der Waals surface area contributed by atoms with Crippen LogP contribution in [0.5, 0.6) is 6.01 Å². The lowest BCUT2D eigenvalue weighted by molar-refractivity contribution is -0.102.